The van der Waals surface area contributed by atoms with E-state index in [1.807, 2.05) is 6.92 Å². The van der Waals surface area contributed by atoms with Crippen LogP contribution in [0.5, 0.6) is 0 Å². The molecule has 0 fully saturated rings. The van der Waals surface area contributed by atoms with Crippen molar-refractivity contribution >= 4 is 17.5 Å². The van der Waals surface area contributed by atoms with Gasteiger partial charge in [-0.2, -0.15) is 15.4 Å². The third kappa shape index (κ3) is 3.41. The summed E-state index contributed by atoms with van der Waals surface area (Å²) in [6.45, 7) is 2.60. The van der Waals surface area contributed by atoms with Crippen molar-refractivity contribution in [2.45, 2.75) is 13.3 Å². The van der Waals surface area contributed by atoms with Crippen molar-refractivity contribution in [1.29, 1.82) is 0 Å². The van der Waals surface area contributed by atoms with Crippen LogP contribution in [0.4, 0.5) is 5.69 Å². The number of carbonyl (C=O) groups is 2. The zero-order valence-corrected chi connectivity index (χ0v) is 11.0. The van der Waals surface area contributed by atoms with Gasteiger partial charge in [0.05, 0.1) is 6.20 Å². The van der Waals surface area contributed by atoms with E-state index in [2.05, 4.69) is 26.0 Å². The zero-order chi connectivity index (χ0) is 14.4. The Morgan fingerprint density at radius 2 is 2.15 bits per heavy atom. The number of anilines is 1. The number of aromatic nitrogens is 3. The first-order valence-electron chi connectivity index (χ1n) is 6.26. The molecule has 0 atom stereocenters. The molecular formula is C13H15N5O2. The van der Waals surface area contributed by atoms with Gasteiger partial charge in [-0.05, 0) is 24.6 Å². The predicted molar refractivity (Wildman–Crippen MR) is 73.4 cm³/mol. The lowest BCUT2D eigenvalue weighted by Gasteiger charge is -2.06. The Kier molecular flexibility index (Phi) is 4.43. The third-order valence-corrected chi connectivity index (χ3v) is 2.57. The van der Waals surface area contributed by atoms with Crippen LogP contribution in [0.15, 0.2) is 30.5 Å². The molecular weight excluding hydrogens is 258 g/mol. The molecule has 1 heterocycles. The van der Waals surface area contributed by atoms with E-state index in [9.17, 15) is 9.59 Å². The van der Waals surface area contributed by atoms with Crippen LogP contribution in [0.25, 0.3) is 0 Å². The molecule has 0 aliphatic heterocycles. The largest absolute Gasteiger partial charge is 0.352 e. The minimum Gasteiger partial charge on any atom is -0.352 e. The molecule has 0 unspecified atom stereocenters. The molecule has 7 nitrogen and oxygen atoms in total. The molecule has 20 heavy (non-hydrogen) atoms. The Hall–Kier alpha value is -2.70. The molecule has 0 bridgehead atoms. The minimum absolute atomic E-state index is 0.163. The normalized spacial score (nSPS) is 10.1. The summed E-state index contributed by atoms with van der Waals surface area (Å²) in [4.78, 5) is 23.6. The number of aromatic amines is 1. The van der Waals surface area contributed by atoms with Gasteiger partial charge in [0, 0.05) is 17.8 Å². The Morgan fingerprint density at radius 1 is 1.30 bits per heavy atom. The van der Waals surface area contributed by atoms with Crippen molar-refractivity contribution in [2.75, 3.05) is 11.9 Å². The van der Waals surface area contributed by atoms with Gasteiger partial charge in [-0.3, -0.25) is 9.59 Å². The summed E-state index contributed by atoms with van der Waals surface area (Å²) >= 11 is 0. The van der Waals surface area contributed by atoms with E-state index in [-0.39, 0.29) is 17.5 Å². The van der Waals surface area contributed by atoms with Crippen LogP contribution in [-0.4, -0.2) is 33.8 Å². The highest BCUT2D eigenvalue weighted by Crippen LogP contribution is 2.11. The van der Waals surface area contributed by atoms with E-state index in [1.54, 1.807) is 24.3 Å². The second-order valence-corrected chi connectivity index (χ2v) is 4.15. The van der Waals surface area contributed by atoms with Crippen LogP contribution in [0.3, 0.4) is 0 Å². The third-order valence-electron chi connectivity index (χ3n) is 2.57. The number of nitrogens with one attached hydrogen (secondary N) is 3. The van der Waals surface area contributed by atoms with E-state index in [4.69, 9.17) is 0 Å². The van der Waals surface area contributed by atoms with Crippen LogP contribution in [0.1, 0.15) is 34.2 Å². The van der Waals surface area contributed by atoms with E-state index in [0.717, 1.165) is 6.42 Å². The monoisotopic (exact) mass is 273 g/mol. The molecule has 0 aliphatic carbocycles. The molecule has 2 rings (SSSR count). The topological polar surface area (TPSA) is 99.8 Å². The van der Waals surface area contributed by atoms with Gasteiger partial charge in [0.25, 0.3) is 11.8 Å². The van der Waals surface area contributed by atoms with E-state index in [1.165, 1.54) is 6.20 Å². The number of nitrogens with zero attached hydrogens (tertiary/aromatic N) is 2. The number of hydrogen-bond donors (Lipinski definition) is 3. The molecule has 7 heteroatoms. The molecule has 0 spiro atoms. The lowest BCUT2D eigenvalue weighted by Crippen LogP contribution is -2.24. The first-order chi connectivity index (χ1) is 9.70. The summed E-state index contributed by atoms with van der Waals surface area (Å²) in [6.07, 6.45) is 2.20. The summed E-state index contributed by atoms with van der Waals surface area (Å²) in [6, 6.07) is 6.72. The molecule has 0 radical (unpaired) electrons. The average Bonchev–Trinajstić information content (AvgIpc) is 2.99. The van der Waals surface area contributed by atoms with Gasteiger partial charge in [0.15, 0.2) is 5.69 Å². The van der Waals surface area contributed by atoms with E-state index >= 15 is 0 Å². The summed E-state index contributed by atoms with van der Waals surface area (Å²) in [5.74, 6) is -0.547. The van der Waals surface area contributed by atoms with Crippen LogP contribution < -0.4 is 10.6 Å². The Bertz CT molecular complexity index is 595. The first kappa shape index (κ1) is 13.7. The first-order valence-corrected chi connectivity index (χ1v) is 6.26. The molecule has 0 saturated heterocycles. The fraction of sp³-hybridized carbons (Fsp3) is 0.231. The maximum absolute atomic E-state index is 11.8. The van der Waals surface area contributed by atoms with Gasteiger partial charge >= 0.3 is 0 Å². The number of amides is 2. The lowest BCUT2D eigenvalue weighted by atomic mass is 10.2. The van der Waals surface area contributed by atoms with E-state index < -0.39 is 0 Å². The SMILES string of the molecule is CCCNC(=O)c1cccc(NC(=O)c2cn[nH]n2)c1. The molecule has 1 aromatic heterocycles. The number of carbonyl (C=O) groups excluding carboxylic acids is 2. The van der Waals surface area contributed by atoms with Gasteiger partial charge in [-0.15, -0.1) is 0 Å². The van der Waals surface area contributed by atoms with Crippen molar-refractivity contribution in [3.8, 4) is 0 Å². The highest BCUT2D eigenvalue weighted by molar-refractivity contribution is 6.03. The van der Waals surface area contributed by atoms with Crippen molar-refractivity contribution in [1.82, 2.24) is 20.7 Å². The average molecular weight is 273 g/mol. The fourth-order valence-corrected chi connectivity index (χ4v) is 1.58. The van der Waals surface area contributed by atoms with E-state index in [0.29, 0.717) is 17.8 Å². The van der Waals surface area contributed by atoms with Crippen molar-refractivity contribution < 1.29 is 9.59 Å². The van der Waals surface area contributed by atoms with Crippen LogP contribution >= 0.6 is 0 Å². The number of benzene rings is 1. The molecule has 1 aromatic carbocycles. The predicted octanol–water partition coefficient (Wildman–Crippen LogP) is 1.20. The van der Waals surface area contributed by atoms with Gasteiger partial charge < -0.3 is 10.6 Å². The Balaban J connectivity index is 2.06. The van der Waals surface area contributed by atoms with Gasteiger partial charge in [-0.25, -0.2) is 0 Å². The fourth-order valence-electron chi connectivity index (χ4n) is 1.58. The molecule has 2 aromatic rings. The molecule has 3 N–H and O–H groups in total. The number of H-pyrrole nitrogens is 1. The van der Waals surface area contributed by atoms with Gasteiger partial charge in [-0.1, -0.05) is 13.0 Å². The molecule has 0 aliphatic rings. The summed E-state index contributed by atoms with van der Waals surface area (Å²) in [7, 11) is 0. The van der Waals surface area contributed by atoms with Crippen molar-refractivity contribution in [3.63, 3.8) is 0 Å². The van der Waals surface area contributed by atoms with Crippen LogP contribution in [0.2, 0.25) is 0 Å². The summed E-state index contributed by atoms with van der Waals surface area (Å²) < 4.78 is 0. The van der Waals surface area contributed by atoms with Crippen molar-refractivity contribution in [3.05, 3.63) is 41.7 Å². The smallest absolute Gasteiger partial charge is 0.277 e. The second-order valence-electron chi connectivity index (χ2n) is 4.15. The quantitative estimate of drug-likeness (QED) is 0.762. The molecule has 0 saturated carbocycles. The van der Waals surface area contributed by atoms with Crippen LogP contribution in [-0.2, 0) is 0 Å². The van der Waals surface area contributed by atoms with Gasteiger partial charge in [0.2, 0.25) is 0 Å². The highest BCUT2D eigenvalue weighted by atomic mass is 16.2. The minimum atomic E-state index is -0.384. The number of rotatable bonds is 5. The maximum atomic E-state index is 11.8. The summed E-state index contributed by atoms with van der Waals surface area (Å²) in [5, 5.41) is 15.0. The van der Waals surface area contributed by atoms with Gasteiger partial charge in [0.1, 0.15) is 0 Å². The Morgan fingerprint density at radius 3 is 2.85 bits per heavy atom. The highest BCUT2D eigenvalue weighted by Gasteiger charge is 2.10. The number of hydrogen-bond acceptors (Lipinski definition) is 4. The standard InChI is InChI=1S/C13H15N5O2/c1-2-6-14-12(19)9-4-3-5-10(7-9)16-13(20)11-8-15-18-17-11/h3-5,7-8H,2,6H2,1H3,(H,14,19)(H,16,20)(H,15,17,18). The summed E-state index contributed by atoms with van der Waals surface area (Å²) in [5.41, 5.74) is 1.21. The maximum Gasteiger partial charge on any atom is 0.277 e. The lowest BCUT2D eigenvalue weighted by molar-refractivity contribution is 0.0952. The molecule has 104 valence electrons. The molecule has 2 amide bonds. The second kappa shape index (κ2) is 6.46. The zero-order valence-electron chi connectivity index (χ0n) is 11.0. The van der Waals surface area contributed by atoms with Crippen LogP contribution in [0, 0.1) is 0 Å². The Labute approximate surface area is 115 Å². The van der Waals surface area contributed by atoms with Crippen molar-refractivity contribution in [2.24, 2.45) is 0 Å².